The van der Waals surface area contributed by atoms with Gasteiger partial charge in [0.25, 0.3) is 0 Å². The second-order valence-electron chi connectivity index (χ2n) is 5.91. The average molecular weight is 351 g/mol. The second-order valence-corrected chi connectivity index (χ2v) is 6.32. The molecule has 7 heteroatoms. The standard InChI is InChI=1S/C17H20ClFN4O/c1-2-23-10-12(9-21-23)17-14(6-7-15(24)22-17)20-8-11-4-3-5-13(18)16(11)19/h3-5,9-10,14,17,20H,2,6-8H2,1H3,(H,22,24)/t14-,17+/m1/s1. The monoisotopic (exact) mass is 350 g/mol. The van der Waals surface area contributed by atoms with E-state index < -0.39 is 5.82 Å². The molecule has 24 heavy (non-hydrogen) atoms. The van der Waals surface area contributed by atoms with E-state index in [1.54, 1.807) is 18.3 Å². The van der Waals surface area contributed by atoms with E-state index in [0.717, 1.165) is 12.1 Å². The SMILES string of the molecule is CCn1cc([C@@H]2NC(=O)CC[C@H]2NCc2cccc(Cl)c2F)cn1. The average Bonchev–Trinajstić information content (AvgIpc) is 3.06. The molecule has 0 saturated carbocycles. The number of nitrogens with one attached hydrogen (secondary N) is 2. The fourth-order valence-electron chi connectivity index (χ4n) is 2.97. The molecule has 1 aromatic heterocycles. The molecule has 2 atom stereocenters. The van der Waals surface area contributed by atoms with Crippen molar-refractivity contribution in [3.63, 3.8) is 0 Å². The minimum Gasteiger partial charge on any atom is -0.348 e. The molecule has 1 aliphatic rings. The Balaban J connectivity index is 1.74. The first-order chi connectivity index (χ1) is 11.6. The third-order valence-electron chi connectivity index (χ3n) is 4.32. The van der Waals surface area contributed by atoms with Gasteiger partial charge in [-0.2, -0.15) is 5.10 Å². The number of hydrogen-bond donors (Lipinski definition) is 2. The maximum atomic E-state index is 14.0. The fourth-order valence-corrected chi connectivity index (χ4v) is 3.17. The first-order valence-electron chi connectivity index (χ1n) is 8.06. The molecule has 0 bridgehead atoms. The lowest BCUT2D eigenvalue weighted by Crippen LogP contribution is -2.48. The highest BCUT2D eigenvalue weighted by molar-refractivity contribution is 6.30. The van der Waals surface area contributed by atoms with E-state index in [-0.39, 0.29) is 23.0 Å². The summed E-state index contributed by atoms with van der Waals surface area (Å²) in [5.74, 6) is -0.377. The summed E-state index contributed by atoms with van der Waals surface area (Å²) in [6.07, 6.45) is 4.85. The molecular formula is C17H20ClFN4O. The van der Waals surface area contributed by atoms with Crippen molar-refractivity contribution in [2.24, 2.45) is 0 Å². The van der Waals surface area contributed by atoms with Crippen molar-refractivity contribution in [1.29, 1.82) is 0 Å². The highest BCUT2D eigenvalue weighted by Crippen LogP contribution is 2.25. The van der Waals surface area contributed by atoms with Crippen molar-refractivity contribution in [2.75, 3.05) is 0 Å². The lowest BCUT2D eigenvalue weighted by atomic mass is 9.93. The second kappa shape index (κ2) is 7.32. The van der Waals surface area contributed by atoms with Gasteiger partial charge in [0.15, 0.2) is 0 Å². The lowest BCUT2D eigenvalue weighted by Gasteiger charge is -2.32. The molecule has 2 N–H and O–H groups in total. The molecule has 1 saturated heterocycles. The van der Waals surface area contributed by atoms with Crippen LogP contribution in [0.15, 0.2) is 30.6 Å². The van der Waals surface area contributed by atoms with Crippen LogP contribution in [0.3, 0.4) is 0 Å². The van der Waals surface area contributed by atoms with Crippen molar-refractivity contribution in [2.45, 2.75) is 44.9 Å². The van der Waals surface area contributed by atoms with Crippen LogP contribution in [0, 0.1) is 5.82 Å². The molecule has 2 aromatic rings. The Morgan fingerprint density at radius 3 is 3.08 bits per heavy atom. The lowest BCUT2D eigenvalue weighted by molar-refractivity contribution is -0.123. The van der Waals surface area contributed by atoms with Crippen LogP contribution < -0.4 is 10.6 Å². The molecule has 1 amide bonds. The van der Waals surface area contributed by atoms with Gasteiger partial charge in [0, 0.05) is 42.9 Å². The van der Waals surface area contributed by atoms with Crippen LogP contribution in [0.4, 0.5) is 4.39 Å². The highest BCUT2D eigenvalue weighted by atomic mass is 35.5. The number of halogens is 2. The molecule has 2 heterocycles. The number of nitrogens with zero attached hydrogens (tertiary/aromatic N) is 2. The van der Waals surface area contributed by atoms with Crippen molar-refractivity contribution >= 4 is 17.5 Å². The van der Waals surface area contributed by atoms with Crippen LogP contribution >= 0.6 is 11.6 Å². The van der Waals surface area contributed by atoms with Gasteiger partial charge in [-0.05, 0) is 19.4 Å². The van der Waals surface area contributed by atoms with Gasteiger partial charge in [-0.1, -0.05) is 23.7 Å². The number of aryl methyl sites for hydroxylation is 1. The van der Waals surface area contributed by atoms with E-state index in [0.29, 0.717) is 24.9 Å². The Morgan fingerprint density at radius 1 is 1.50 bits per heavy atom. The van der Waals surface area contributed by atoms with Gasteiger partial charge >= 0.3 is 0 Å². The quantitative estimate of drug-likeness (QED) is 0.871. The predicted molar refractivity (Wildman–Crippen MR) is 90.1 cm³/mol. The van der Waals surface area contributed by atoms with E-state index in [2.05, 4.69) is 15.7 Å². The summed E-state index contributed by atoms with van der Waals surface area (Å²) < 4.78 is 15.9. The zero-order valence-corrected chi connectivity index (χ0v) is 14.2. The molecule has 1 aliphatic heterocycles. The molecule has 0 unspecified atom stereocenters. The highest BCUT2D eigenvalue weighted by Gasteiger charge is 2.30. The number of carbonyl (C=O) groups is 1. The van der Waals surface area contributed by atoms with Crippen molar-refractivity contribution in [1.82, 2.24) is 20.4 Å². The molecule has 0 aliphatic carbocycles. The number of amides is 1. The largest absolute Gasteiger partial charge is 0.348 e. The van der Waals surface area contributed by atoms with Crippen molar-refractivity contribution < 1.29 is 9.18 Å². The van der Waals surface area contributed by atoms with Crippen molar-refractivity contribution in [3.05, 3.63) is 52.6 Å². The molecule has 5 nitrogen and oxygen atoms in total. The Bertz CT molecular complexity index is 733. The summed E-state index contributed by atoms with van der Waals surface area (Å²) >= 11 is 5.83. The van der Waals surface area contributed by atoms with Gasteiger partial charge in [0.1, 0.15) is 5.82 Å². The van der Waals surface area contributed by atoms with Crippen LogP contribution in [0.5, 0.6) is 0 Å². The molecule has 128 valence electrons. The summed E-state index contributed by atoms with van der Waals surface area (Å²) in [5, 5.41) is 10.8. The smallest absolute Gasteiger partial charge is 0.220 e. The van der Waals surface area contributed by atoms with Crippen LogP contribution in [-0.2, 0) is 17.9 Å². The van der Waals surface area contributed by atoms with Gasteiger partial charge in [-0.25, -0.2) is 4.39 Å². The number of carbonyl (C=O) groups excluding carboxylic acids is 1. The zero-order valence-electron chi connectivity index (χ0n) is 13.4. The number of aromatic nitrogens is 2. The summed E-state index contributed by atoms with van der Waals surface area (Å²) in [4.78, 5) is 11.8. The molecular weight excluding hydrogens is 331 g/mol. The Labute approximate surface area is 145 Å². The molecule has 3 rings (SSSR count). The number of benzene rings is 1. The maximum Gasteiger partial charge on any atom is 0.220 e. The number of rotatable bonds is 5. The van der Waals surface area contributed by atoms with Gasteiger partial charge in [-0.3, -0.25) is 9.48 Å². The minimum atomic E-state index is -0.401. The molecule has 0 radical (unpaired) electrons. The first kappa shape index (κ1) is 16.9. The van der Waals surface area contributed by atoms with E-state index in [9.17, 15) is 9.18 Å². The van der Waals surface area contributed by atoms with Gasteiger partial charge in [-0.15, -0.1) is 0 Å². The topological polar surface area (TPSA) is 59.0 Å². The predicted octanol–water partition coefficient (Wildman–Crippen LogP) is 2.81. The third kappa shape index (κ3) is 3.60. The fraction of sp³-hybridized carbons (Fsp3) is 0.412. The van der Waals surface area contributed by atoms with Gasteiger partial charge in [0.2, 0.25) is 5.91 Å². The number of piperidine rings is 1. The molecule has 1 fully saturated rings. The third-order valence-corrected chi connectivity index (χ3v) is 4.62. The van der Waals surface area contributed by atoms with E-state index in [1.807, 2.05) is 17.8 Å². The van der Waals surface area contributed by atoms with Crippen molar-refractivity contribution in [3.8, 4) is 0 Å². The number of hydrogen-bond acceptors (Lipinski definition) is 3. The van der Waals surface area contributed by atoms with Crippen LogP contribution in [0.1, 0.15) is 36.9 Å². The normalized spacial score (nSPS) is 20.9. The van der Waals surface area contributed by atoms with E-state index in [4.69, 9.17) is 11.6 Å². The van der Waals surface area contributed by atoms with E-state index in [1.165, 1.54) is 6.07 Å². The maximum absolute atomic E-state index is 14.0. The van der Waals surface area contributed by atoms with Crippen LogP contribution in [-0.4, -0.2) is 21.7 Å². The van der Waals surface area contributed by atoms with Gasteiger partial charge < -0.3 is 10.6 Å². The van der Waals surface area contributed by atoms with Crippen LogP contribution in [0.25, 0.3) is 0 Å². The van der Waals surface area contributed by atoms with E-state index >= 15 is 0 Å². The Kier molecular flexibility index (Phi) is 5.16. The summed E-state index contributed by atoms with van der Waals surface area (Å²) in [7, 11) is 0. The first-order valence-corrected chi connectivity index (χ1v) is 8.44. The Morgan fingerprint density at radius 2 is 2.33 bits per heavy atom. The summed E-state index contributed by atoms with van der Waals surface area (Å²) in [5.41, 5.74) is 1.47. The Hall–Kier alpha value is -1.92. The molecule has 1 aromatic carbocycles. The molecule has 0 spiro atoms. The van der Waals surface area contributed by atoms with Gasteiger partial charge in [0.05, 0.1) is 17.3 Å². The summed E-state index contributed by atoms with van der Waals surface area (Å²) in [6, 6.07) is 4.81. The van der Waals surface area contributed by atoms with Crippen LogP contribution in [0.2, 0.25) is 5.02 Å². The minimum absolute atomic E-state index is 0.00980. The summed E-state index contributed by atoms with van der Waals surface area (Å²) in [6.45, 7) is 3.13. The zero-order chi connectivity index (χ0) is 17.1.